The maximum atomic E-state index is 5.95. The molecule has 0 aliphatic carbocycles. The number of halogens is 1. The first-order chi connectivity index (χ1) is 17.2. The van der Waals surface area contributed by atoms with Gasteiger partial charge in [-0.25, -0.2) is 9.97 Å². The Hall–Kier alpha value is -2.90. The molecule has 2 saturated heterocycles. The van der Waals surface area contributed by atoms with Crippen LogP contribution in [0.4, 0.5) is 11.9 Å². The molecule has 0 saturated carbocycles. The summed E-state index contributed by atoms with van der Waals surface area (Å²) < 4.78 is 22.2. The third-order valence-electron chi connectivity index (χ3n) is 5.86. The Morgan fingerprint density at radius 1 is 1.06 bits per heavy atom. The van der Waals surface area contributed by atoms with Gasteiger partial charge in [0.1, 0.15) is 12.4 Å². The van der Waals surface area contributed by atoms with Crippen LogP contribution >= 0.6 is 23.5 Å². The Bertz CT molecular complexity index is 1120. The van der Waals surface area contributed by atoms with E-state index in [0.717, 1.165) is 38.8 Å². The third kappa shape index (κ3) is 5.07. The standard InChI is InChI=1S/C21H26ClN9O3S/c1-32-18-16(19(33-2)26-12-25-18)31-17(15-6-4-8-34-15)27-28-21(31)29-35-14-5-3-7-30(11-14)20-23-9-13(22)10-24-20/h9-10,12,14-15H,3-8,11H2,1-2H3,(H,28,29). The summed E-state index contributed by atoms with van der Waals surface area (Å²) in [7, 11) is 3.11. The molecule has 3 aromatic rings. The Labute approximate surface area is 211 Å². The summed E-state index contributed by atoms with van der Waals surface area (Å²) in [4.78, 5) is 19.4. The monoisotopic (exact) mass is 519 g/mol. The molecular weight excluding hydrogens is 494 g/mol. The summed E-state index contributed by atoms with van der Waals surface area (Å²) in [5, 5.41) is 9.70. The molecule has 2 aliphatic rings. The number of ether oxygens (including phenoxy) is 3. The van der Waals surface area contributed by atoms with Crippen molar-refractivity contribution in [2.24, 2.45) is 0 Å². The molecule has 12 nitrogen and oxygen atoms in total. The lowest BCUT2D eigenvalue weighted by Crippen LogP contribution is -2.38. The van der Waals surface area contributed by atoms with Crippen LogP contribution in [0.25, 0.3) is 5.69 Å². The summed E-state index contributed by atoms with van der Waals surface area (Å²) in [6.45, 7) is 2.36. The van der Waals surface area contributed by atoms with Crippen molar-refractivity contribution in [3.05, 3.63) is 29.6 Å². The molecule has 0 spiro atoms. The highest BCUT2D eigenvalue weighted by Gasteiger charge is 2.31. The van der Waals surface area contributed by atoms with Crippen molar-refractivity contribution >= 4 is 35.4 Å². The topological polar surface area (TPSA) is 125 Å². The van der Waals surface area contributed by atoms with Crippen LogP contribution in [0.2, 0.25) is 5.02 Å². The molecule has 2 fully saturated rings. The molecule has 2 unspecified atom stereocenters. The van der Waals surface area contributed by atoms with Gasteiger partial charge in [-0.05, 0) is 37.6 Å². The van der Waals surface area contributed by atoms with Crippen LogP contribution in [0.3, 0.4) is 0 Å². The molecule has 35 heavy (non-hydrogen) atoms. The van der Waals surface area contributed by atoms with Crippen molar-refractivity contribution in [2.75, 3.05) is 43.5 Å². The van der Waals surface area contributed by atoms with E-state index in [1.54, 1.807) is 38.6 Å². The van der Waals surface area contributed by atoms with E-state index in [-0.39, 0.29) is 11.4 Å². The van der Waals surface area contributed by atoms with E-state index in [1.165, 1.54) is 6.33 Å². The molecule has 5 rings (SSSR count). The van der Waals surface area contributed by atoms with Gasteiger partial charge in [-0.2, -0.15) is 9.97 Å². The van der Waals surface area contributed by atoms with E-state index < -0.39 is 0 Å². The van der Waals surface area contributed by atoms with Gasteiger partial charge in [0, 0.05) is 24.9 Å². The first kappa shape index (κ1) is 23.8. The molecule has 0 bridgehead atoms. The number of aromatic nitrogens is 7. The van der Waals surface area contributed by atoms with Crippen molar-refractivity contribution in [3.8, 4) is 17.4 Å². The van der Waals surface area contributed by atoms with Gasteiger partial charge in [-0.15, -0.1) is 10.2 Å². The lowest BCUT2D eigenvalue weighted by molar-refractivity contribution is 0.103. The van der Waals surface area contributed by atoms with Crippen LogP contribution in [0.1, 0.15) is 37.6 Å². The van der Waals surface area contributed by atoms with E-state index in [4.69, 9.17) is 25.8 Å². The van der Waals surface area contributed by atoms with Gasteiger partial charge in [0.25, 0.3) is 0 Å². The smallest absolute Gasteiger partial charge is 0.245 e. The number of hydrogen-bond donors (Lipinski definition) is 1. The number of hydrogen-bond acceptors (Lipinski definition) is 12. The fourth-order valence-electron chi connectivity index (χ4n) is 4.23. The predicted octanol–water partition coefficient (Wildman–Crippen LogP) is 3.10. The van der Waals surface area contributed by atoms with Crippen LogP contribution < -0.4 is 19.1 Å². The van der Waals surface area contributed by atoms with Crippen molar-refractivity contribution in [2.45, 2.75) is 37.0 Å². The Kier molecular flexibility index (Phi) is 7.35. The second-order valence-corrected chi connectivity index (χ2v) is 9.63. The molecule has 0 aromatic carbocycles. The van der Waals surface area contributed by atoms with Crippen LogP contribution in [-0.2, 0) is 4.74 Å². The van der Waals surface area contributed by atoms with Crippen molar-refractivity contribution in [3.63, 3.8) is 0 Å². The quantitative estimate of drug-likeness (QED) is 0.439. The minimum Gasteiger partial charge on any atom is -0.479 e. The van der Waals surface area contributed by atoms with Crippen LogP contribution in [0, 0.1) is 0 Å². The average Bonchev–Trinajstić information content (AvgIpc) is 3.57. The molecule has 5 heterocycles. The number of anilines is 2. The minimum absolute atomic E-state index is 0.190. The van der Waals surface area contributed by atoms with Crippen molar-refractivity contribution < 1.29 is 14.2 Å². The molecular formula is C21H26ClN9O3S. The summed E-state index contributed by atoms with van der Waals surface area (Å²) >= 11 is 7.53. The Morgan fingerprint density at radius 2 is 1.83 bits per heavy atom. The highest BCUT2D eigenvalue weighted by Crippen LogP contribution is 2.37. The van der Waals surface area contributed by atoms with Crippen LogP contribution in [-0.4, -0.2) is 73.9 Å². The maximum Gasteiger partial charge on any atom is 0.245 e. The fourth-order valence-corrected chi connectivity index (χ4v) is 5.27. The molecule has 0 amide bonds. The van der Waals surface area contributed by atoms with Crippen LogP contribution in [0.15, 0.2) is 18.7 Å². The van der Waals surface area contributed by atoms with E-state index in [1.807, 2.05) is 4.57 Å². The summed E-state index contributed by atoms with van der Waals surface area (Å²) in [6.07, 6.45) is 8.32. The zero-order chi connectivity index (χ0) is 24.2. The van der Waals surface area contributed by atoms with Crippen LogP contribution in [0.5, 0.6) is 11.8 Å². The van der Waals surface area contributed by atoms with E-state index in [2.05, 4.69) is 39.8 Å². The first-order valence-corrected chi connectivity index (χ1v) is 12.6. The molecule has 2 aliphatic heterocycles. The number of nitrogens with zero attached hydrogens (tertiary/aromatic N) is 8. The minimum atomic E-state index is -0.190. The lowest BCUT2D eigenvalue weighted by atomic mass is 10.1. The highest BCUT2D eigenvalue weighted by atomic mass is 35.5. The SMILES string of the molecule is COc1ncnc(OC)c1-n1c(NSC2CCCN(c3ncc(Cl)cn3)C2)nnc1C1CCCO1. The van der Waals surface area contributed by atoms with Gasteiger partial charge in [0.15, 0.2) is 11.5 Å². The second kappa shape index (κ2) is 10.8. The van der Waals surface area contributed by atoms with Gasteiger partial charge in [-0.3, -0.25) is 9.29 Å². The predicted molar refractivity (Wildman–Crippen MR) is 131 cm³/mol. The van der Waals surface area contributed by atoms with Gasteiger partial charge in [-0.1, -0.05) is 11.6 Å². The van der Waals surface area contributed by atoms with Gasteiger partial charge in [0.05, 0.1) is 31.6 Å². The second-order valence-electron chi connectivity index (χ2n) is 8.09. The average molecular weight is 520 g/mol. The van der Waals surface area contributed by atoms with E-state index >= 15 is 0 Å². The van der Waals surface area contributed by atoms with E-state index in [0.29, 0.717) is 46.8 Å². The molecule has 14 heteroatoms. The third-order valence-corrected chi connectivity index (χ3v) is 7.07. The number of nitrogens with one attached hydrogen (secondary N) is 1. The number of rotatable bonds is 8. The van der Waals surface area contributed by atoms with E-state index in [9.17, 15) is 0 Å². The first-order valence-electron chi connectivity index (χ1n) is 11.3. The van der Waals surface area contributed by atoms with Crippen molar-refractivity contribution in [1.29, 1.82) is 0 Å². The van der Waals surface area contributed by atoms with Gasteiger partial charge >= 0.3 is 0 Å². The summed E-state index contributed by atoms with van der Waals surface area (Å²) in [5.41, 5.74) is 0.524. The highest BCUT2D eigenvalue weighted by molar-refractivity contribution is 8.01. The largest absolute Gasteiger partial charge is 0.479 e. The molecule has 3 aromatic heterocycles. The Morgan fingerprint density at radius 3 is 2.51 bits per heavy atom. The zero-order valence-corrected chi connectivity index (χ0v) is 21.0. The molecule has 1 N–H and O–H groups in total. The van der Waals surface area contributed by atoms with Gasteiger partial charge in [0.2, 0.25) is 23.7 Å². The normalized spacial score (nSPS) is 20.1. The lowest BCUT2D eigenvalue weighted by Gasteiger charge is -2.32. The van der Waals surface area contributed by atoms with Gasteiger partial charge < -0.3 is 19.1 Å². The molecule has 2 atom stereocenters. The summed E-state index contributed by atoms with van der Waals surface area (Å²) in [5.74, 6) is 2.56. The maximum absolute atomic E-state index is 5.95. The summed E-state index contributed by atoms with van der Waals surface area (Å²) in [6, 6.07) is 0. The Balaban J connectivity index is 1.40. The molecule has 0 radical (unpaired) electrons. The zero-order valence-electron chi connectivity index (χ0n) is 19.4. The number of piperidine rings is 1. The number of methoxy groups -OCH3 is 2. The fraction of sp³-hybridized carbons (Fsp3) is 0.524. The molecule has 186 valence electrons. The van der Waals surface area contributed by atoms with Crippen molar-refractivity contribution in [1.82, 2.24) is 34.7 Å².